The van der Waals surface area contributed by atoms with E-state index in [4.69, 9.17) is 9.47 Å². The fraction of sp³-hybridized carbons (Fsp3) is 0.350. The van der Waals surface area contributed by atoms with Crippen molar-refractivity contribution in [1.29, 1.82) is 0 Å². The third-order valence-electron chi connectivity index (χ3n) is 4.24. The van der Waals surface area contributed by atoms with Crippen LogP contribution in [0.25, 0.3) is 0 Å². The topological polar surface area (TPSA) is 35.5 Å². The van der Waals surface area contributed by atoms with Gasteiger partial charge >= 0.3 is 0 Å². The number of hydrogen-bond donors (Lipinski definition) is 0. The fourth-order valence-corrected chi connectivity index (χ4v) is 2.68. The summed E-state index contributed by atoms with van der Waals surface area (Å²) in [4.78, 5) is 13.0. The van der Waals surface area contributed by atoms with Gasteiger partial charge in [-0.15, -0.1) is 0 Å². The van der Waals surface area contributed by atoms with Crippen LogP contribution in [-0.2, 0) is 28.1 Å². The number of aryl methyl sites for hydroxylation is 2. The average molecular weight is 312 g/mol. The molecule has 0 unspecified atom stereocenters. The van der Waals surface area contributed by atoms with Crippen molar-refractivity contribution in [3.8, 4) is 0 Å². The van der Waals surface area contributed by atoms with Gasteiger partial charge in [-0.1, -0.05) is 62.4 Å². The van der Waals surface area contributed by atoms with Crippen LogP contribution in [0.2, 0.25) is 0 Å². The van der Waals surface area contributed by atoms with Crippen molar-refractivity contribution in [2.75, 3.05) is 14.2 Å². The van der Waals surface area contributed by atoms with Crippen LogP contribution in [0.5, 0.6) is 0 Å². The summed E-state index contributed by atoms with van der Waals surface area (Å²) in [5.74, 6) is -1.62. The first-order valence-corrected chi connectivity index (χ1v) is 7.94. The van der Waals surface area contributed by atoms with Gasteiger partial charge in [0.05, 0.1) is 0 Å². The molecule has 23 heavy (non-hydrogen) atoms. The average Bonchev–Trinajstić information content (AvgIpc) is 2.63. The van der Waals surface area contributed by atoms with Gasteiger partial charge in [-0.25, -0.2) is 0 Å². The van der Waals surface area contributed by atoms with Gasteiger partial charge in [-0.2, -0.15) is 0 Å². The van der Waals surface area contributed by atoms with Crippen LogP contribution < -0.4 is 0 Å². The molecule has 3 nitrogen and oxygen atoms in total. The molecule has 0 atom stereocenters. The molecule has 3 heteroatoms. The molecule has 0 aliphatic heterocycles. The van der Waals surface area contributed by atoms with Crippen LogP contribution in [0.4, 0.5) is 0 Å². The molecular formula is C20H24O3. The maximum atomic E-state index is 13.0. The lowest BCUT2D eigenvalue weighted by Crippen LogP contribution is -2.40. The van der Waals surface area contributed by atoms with E-state index in [0.717, 1.165) is 12.8 Å². The summed E-state index contributed by atoms with van der Waals surface area (Å²) in [6.07, 6.45) is 1.88. The second-order valence-corrected chi connectivity index (χ2v) is 5.45. The van der Waals surface area contributed by atoms with Crippen molar-refractivity contribution < 1.29 is 14.3 Å². The summed E-state index contributed by atoms with van der Waals surface area (Å²) in [6, 6.07) is 15.4. The lowest BCUT2D eigenvalue weighted by molar-refractivity contribution is -0.176. The van der Waals surface area contributed by atoms with Crippen LogP contribution in [-0.4, -0.2) is 20.0 Å². The minimum absolute atomic E-state index is 0.200. The fourth-order valence-electron chi connectivity index (χ4n) is 2.68. The maximum absolute atomic E-state index is 13.0. The van der Waals surface area contributed by atoms with Crippen LogP contribution in [0.1, 0.15) is 40.9 Å². The van der Waals surface area contributed by atoms with E-state index < -0.39 is 5.79 Å². The molecule has 0 N–H and O–H groups in total. The molecule has 0 spiro atoms. The number of carbonyl (C=O) groups excluding carboxylic acids is 1. The van der Waals surface area contributed by atoms with E-state index >= 15 is 0 Å². The molecule has 0 heterocycles. The van der Waals surface area contributed by atoms with E-state index in [0.29, 0.717) is 11.1 Å². The molecule has 122 valence electrons. The van der Waals surface area contributed by atoms with E-state index in [2.05, 4.69) is 13.8 Å². The summed E-state index contributed by atoms with van der Waals surface area (Å²) >= 11 is 0. The first-order chi connectivity index (χ1) is 11.1. The second kappa shape index (κ2) is 7.53. The number of ketones is 1. The highest BCUT2D eigenvalue weighted by Crippen LogP contribution is 2.31. The Balaban J connectivity index is 2.43. The monoisotopic (exact) mass is 312 g/mol. The minimum Gasteiger partial charge on any atom is -0.343 e. The van der Waals surface area contributed by atoms with E-state index in [1.807, 2.05) is 48.5 Å². The molecule has 0 fully saturated rings. The van der Waals surface area contributed by atoms with Gasteiger partial charge in [0.2, 0.25) is 5.78 Å². The Bertz CT molecular complexity index is 638. The van der Waals surface area contributed by atoms with Crippen molar-refractivity contribution in [3.63, 3.8) is 0 Å². The smallest absolute Gasteiger partial charge is 0.260 e. The predicted octanol–water partition coefficient (Wildman–Crippen LogP) is 4.14. The normalized spacial score (nSPS) is 11.5. The number of hydrogen-bond acceptors (Lipinski definition) is 3. The Morgan fingerprint density at radius 1 is 0.826 bits per heavy atom. The Hall–Kier alpha value is -1.97. The Morgan fingerprint density at radius 3 is 1.65 bits per heavy atom. The van der Waals surface area contributed by atoms with Crippen molar-refractivity contribution >= 4 is 5.78 Å². The number of rotatable bonds is 7. The first-order valence-electron chi connectivity index (χ1n) is 7.94. The van der Waals surface area contributed by atoms with Crippen molar-refractivity contribution in [2.45, 2.75) is 32.5 Å². The van der Waals surface area contributed by atoms with Gasteiger partial charge in [0.25, 0.3) is 5.79 Å². The van der Waals surface area contributed by atoms with E-state index in [9.17, 15) is 4.79 Å². The van der Waals surface area contributed by atoms with Gasteiger partial charge in [0, 0.05) is 25.3 Å². The highest BCUT2D eigenvalue weighted by atomic mass is 16.7. The predicted molar refractivity (Wildman–Crippen MR) is 91.7 cm³/mol. The molecule has 0 aliphatic rings. The number of methoxy groups -OCH3 is 2. The number of Topliss-reactive ketones (excluding diaryl/α,β-unsaturated/α-hetero) is 1. The van der Waals surface area contributed by atoms with Gasteiger partial charge in [-0.05, 0) is 24.0 Å². The highest BCUT2D eigenvalue weighted by molar-refractivity contribution is 6.02. The third-order valence-corrected chi connectivity index (χ3v) is 4.24. The SMILES string of the molecule is CCc1ccc(C(=O)C(OC)(OC)c2ccc(CC)cc2)cc1. The van der Waals surface area contributed by atoms with Gasteiger partial charge in [-0.3, -0.25) is 4.79 Å². The van der Waals surface area contributed by atoms with Crippen molar-refractivity contribution in [2.24, 2.45) is 0 Å². The lowest BCUT2D eigenvalue weighted by atomic mass is 9.94. The minimum atomic E-state index is -1.42. The Morgan fingerprint density at radius 2 is 1.26 bits per heavy atom. The molecule has 0 amide bonds. The molecule has 0 aromatic heterocycles. The zero-order chi connectivity index (χ0) is 16.9. The van der Waals surface area contributed by atoms with Crippen molar-refractivity contribution in [3.05, 3.63) is 70.8 Å². The first kappa shape index (κ1) is 17.4. The van der Waals surface area contributed by atoms with Crippen molar-refractivity contribution in [1.82, 2.24) is 0 Å². The van der Waals surface area contributed by atoms with Crippen LogP contribution in [0, 0.1) is 0 Å². The number of benzene rings is 2. The number of ether oxygens (including phenoxy) is 2. The molecule has 2 rings (SSSR count). The van der Waals surface area contributed by atoms with E-state index in [1.54, 1.807) is 0 Å². The van der Waals surface area contributed by atoms with Gasteiger partial charge in [0.1, 0.15) is 0 Å². The third kappa shape index (κ3) is 3.36. The molecule has 0 bridgehead atoms. The van der Waals surface area contributed by atoms with E-state index in [-0.39, 0.29) is 5.78 Å². The highest BCUT2D eigenvalue weighted by Gasteiger charge is 2.41. The lowest BCUT2D eigenvalue weighted by Gasteiger charge is -2.30. The standard InChI is InChI=1S/C20H24O3/c1-5-15-7-11-17(12-8-15)19(21)20(22-3,23-4)18-13-9-16(6-2)10-14-18/h7-14H,5-6H2,1-4H3. The Labute approximate surface area is 138 Å². The summed E-state index contributed by atoms with van der Waals surface area (Å²) in [7, 11) is 2.99. The number of carbonyl (C=O) groups is 1. The van der Waals surface area contributed by atoms with Gasteiger partial charge in [0.15, 0.2) is 0 Å². The quantitative estimate of drug-likeness (QED) is 0.569. The zero-order valence-corrected chi connectivity index (χ0v) is 14.3. The van der Waals surface area contributed by atoms with Crippen LogP contribution >= 0.6 is 0 Å². The van der Waals surface area contributed by atoms with Crippen LogP contribution in [0.3, 0.4) is 0 Å². The van der Waals surface area contributed by atoms with Crippen LogP contribution in [0.15, 0.2) is 48.5 Å². The maximum Gasteiger partial charge on any atom is 0.260 e. The summed E-state index contributed by atoms with van der Waals surface area (Å²) in [5, 5.41) is 0. The second-order valence-electron chi connectivity index (χ2n) is 5.45. The van der Waals surface area contributed by atoms with E-state index in [1.165, 1.54) is 25.3 Å². The molecule has 0 aliphatic carbocycles. The van der Waals surface area contributed by atoms with Gasteiger partial charge < -0.3 is 9.47 Å². The Kier molecular flexibility index (Phi) is 5.69. The molecular weight excluding hydrogens is 288 g/mol. The summed E-state index contributed by atoms with van der Waals surface area (Å²) in [5.41, 5.74) is 3.67. The summed E-state index contributed by atoms with van der Waals surface area (Å²) < 4.78 is 11.1. The molecule has 0 saturated heterocycles. The molecule has 2 aromatic carbocycles. The largest absolute Gasteiger partial charge is 0.343 e. The molecule has 2 aromatic rings. The zero-order valence-electron chi connectivity index (χ0n) is 14.3. The molecule has 0 saturated carbocycles. The summed E-state index contributed by atoms with van der Waals surface area (Å²) in [6.45, 7) is 4.18. The molecule has 0 radical (unpaired) electrons.